The number of amides is 3. The van der Waals surface area contributed by atoms with Gasteiger partial charge in [-0.3, -0.25) is 14.4 Å². The number of rotatable bonds is 4. The minimum Gasteiger partial charge on any atom is -0.329 e. The van der Waals surface area contributed by atoms with Gasteiger partial charge in [0.2, 0.25) is 11.8 Å². The van der Waals surface area contributed by atoms with E-state index in [-0.39, 0.29) is 30.3 Å². The Balaban J connectivity index is 1.42. The van der Waals surface area contributed by atoms with Gasteiger partial charge in [-0.05, 0) is 68.0 Å². The summed E-state index contributed by atoms with van der Waals surface area (Å²) in [6, 6.07) is 12.9. The Bertz CT molecular complexity index is 984. The molecule has 2 saturated heterocycles. The molecule has 2 aliphatic heterocycles. The third kappa shape index (κ3) is 4.08. The van der Waals surface area contributed by atoms with Gasteiger partial charge in [-0.2, -0.15) is 0 Å². The molecule has 1 atom stereocenters. The molecule has 2 heterocycles. The SMILES string of the molecule is Cc1ccc(C)c(NC(=O)c2ccc(CN3CC(=O)N4CCCCC4C3=O)cc2)c1. The summed E-state index contributed by atoms with van der Waals surface area (Å²) in [5, 5.41) is 2.96. The topological polar surface area (TPSA) is 69.7 Å². The zero-order valence-electron chi connectivity index (χ0n) is 17.5. The highest BCUT2D eigenvalue weighted by atomic mass is 16.2. The second-order valence-corrected chi connectivity index (χ2v) is 8.26. The number of piperidine rings is 1. The van der Waals surface area contributed by atoms with Crippen LogP contribution in [0.2, 0.25) is 0 Å². The Hall–Kier alpha value is -3.15. The molecule has 1 N–H and O–H groups in total. The van der Waals surface area contributed by atoms with Crippen LogP contribution in [0.1, 0.15) is 46.3 Å². The molecule has 0 aromatic heterocycles. The van der Waals surface area contributed by atoms with Gasteiger partial charge in [0, 0.05) is 24.3 Å². The number of nitrogens with one attached hydrogen (secondary N) is 1. The van der Waals surface area contributed by atoms with E-state index in [9.17, 15) is 14.4 Å². The van der Waals surface area contributed by atoms with Crippen LogP contribution in [0.15, 0.2) is 42.5 Å². The summed E-state index contributed by atoms with van der Waals surface area (Å²) in [4.78, 5) is 41.2. The lowest BCUT2D eigenvalue weighted by Gasteiger charge is -2.42. The van der Waals surface area contributed by atoms with Gasteiger partial charge in [0.25, 0.3) is 5.91 Å². The Labute approximate surface area is 176 Å². The molecule has 156 valence electrons. The van der Waals surface area contributed by atoms with Gasteiger partial charge < -0.3 is 15.1 Å². The molecule has 2 fully saturated rings. The quantitative estimate of drug-likeness (QED) is 0.849. The Morgan fingerprint density at radius 1 is 1.07 bits per heavy atom. The van der Waals surface area contributed by atoms with E-state index in [0.29, 0.717) is 18.7 Å². The molecule has 4 rings (SSSR count). The van der Waals surface area contributed by atoms with Crippen molar-refractivity contribution in [1.82, 2.24) is 9.80 Å². The molecular weight excluding hydrogens is 378 g/mol. The van der Waals surface area contributed by atoms with Gasteiger partial charge in [-0.1, -0.05) is 24.3 Å². The number of aryl methyl sites for hydroxylation is 2. The number of carbonyl (C=O) groups excluding carboxylic acids is 3. The molecule has 0 bridgehead atoms. The van der Waals surface area contributed by atoms with E-state index in [0.717, 1.165) is 41.6 Å². The van der Waals surface area contributed by atoms with Gasteiger partial charge in [-0.15, -0.1) is 0 Å². The molecule has 0 spiro atoms. The van der Waals surface area contributed by atoms with Crippen molar-refractivity contribution in [3.8, 4) is 0 Å². The van der Waals surface area contributed by atoms with E-state index in [1.54, 1.807) is 21.9 Å². The molecule has 3 amide bonds. The Morgan fingerprint density at radius 2 is 1.83 bits per heavy atom. The molecule has 0 saturated carbocycles. The van der Waals surface area contributed by atoms with Crippen molar-refractivity contribution in [2.75, 3.05) is 18.4 Å². The molecule has 2 aromatic carbocycles. The fourth-order valence-electron chi connectivity index (χ4n) is 4.21. The molecule has 6 nitrogen and oxygen atoms in total. The average Bonchev–Trinajstić information content (AvgIpc) is 2.75. The van der Waals surface area contributed by atoms with Crippen molar-refractivity contribution in [1.29, 1.82) is 0 Å². The normalized spacial score (nSPS) is 18.9. The lowest BCUT2D eigenvalue weighted by molar-refractivity contribution is -0.158. The summed E-state index contributed by atoms with van der Waals surface area (Å²) in [6.07, 6.45) is 2.71. The van der Waals surface area contributed by atoms with Crippen LogP contribution in [0.5, 0.6) is 0 Å². The van der Waals surface area contributed by atoms with E-state index in [1.807, 2.05) is 44.2 Å². The number of fused-ring (bicyclic) bond motifs is 1. The fourth-order valence-corrected chi connectivity index (χ4v) is 4.21. The third-order valence-electron chi connectivity index (χ3n) is 5.98. The summed E-state index contributed by atoms with van der Waals surface area (Å²) in [7, 11) is 0. The van der Waals surface area contributed by atoms with E-state index in [2.05, 4.69) is 5.32 Å². The van der Waals surface area contributed by atoms with Crippen molar-refractivity contribution >= 4 is 23.4 Å². The Kier molecular flexibility index (Phi) is 5.57. The molecular formula is C24H27N3O3. The van der Waals surface area contributed by atoms with Crippen molar-refractivity contribution in [2.24, 2.45) is 0 Å². The van der Waals surface area contributed by atoms with Gasteiger partial charge in [0.15, 0.2) is 0 Å². The van der Waals surface area contributed by atoms with Crippen molar-refractivity contribution in [3.63, 3.8) is 0 Å². The van der Waals surface area contributed by atoms with Crippen LogP contribution >= 0.6 is 0 Å². The minimum absolute atomic E-state index is 0.0313. The predicted molar refractivity (Wildman–Crippen MR) is 115 cm³/mol. The molecule has 2 aliphatic rings. The van der Waals surface area contributed by atoms with E-state index in [4.69, 9.17) is 0 Å². The zero-order chi connectivity index (χ0) is 21.3. The zero-order valence-corrected chi connectivity index (χ0v) is 17.5. The lowest BCUT2D eigenvalue weighted by Crippen LogP contribution is -2.60. The maximum Gasteiger partial charge on any atom is 0.255 e. The van der Waals surface area contributed by atoms with Gasteiger partial charge >= 0.3 is 0 Å². The highest BCUT2D eigenvalue weighted by Crippen LogP contribution is 2.24. The molecule has 0 radical (unpaired) electrons. The van der Waals surface area contributed by atoms with E-state index < -0.39 is 0 Å². The van der Waals surface area contributed by atoms with Crippen LogP contribution < -0.4 is 5.32 Å². The van der Waals surface area contributed by atoms with Gasteiger partial charge in [-0.25, -0.2) is 0 Å². The van der Waals surface area contributed by atoms with Crippen LogP contribution in [-0.2, 0) is 16.1 Å². The fraction of sp³-hybridized carbons (Fsp3) is 0.375. The number of anilines is 1. The van der Waals surface area contributed by atoms with E-state index in [1.165, 1.54) is 0 Å². The minimum atomic E-state index is -0.303. The molecule has 6 heteroatoms. The highest BCUT2D eigenvalue weighted by molar-refractivity contribution is 6.04. The molecule has 2 aromatic rings. The first-order valence-electron chi connectivity index (χ1n) is 10.5. The van der Waals surface area contributed by atoms with Gasteiger partial charge in [0.1, 0.15) is 12.6 Å². The number of hydrogen-bond acceptors (Lipinski definition) is 3. The molecule has 0 aliphatic carbocycles. The summed E-state index contributed by atoms with van der Waals surface area (Å²) < 4.78 is 0. The monoisotopic (exact) mass is 405 g/mol. The lowest BCUT2D eigenvalue weighted by atomic mass is 9.98. The number of nitrogens with zero attached hydrogens (tertiary/aromatic N) is 2. The van der Waals surface area contributed by atoms with E-state index >= 15 is 0 Å². The third-order valence-corrected chi connectivity index (χ3v) is 5.98. The highest BCUT2D eigenvalue weighted by Gasteiger charge is 2.40. The van der Waals surface area contributed by atoms with Crippen molar-refractivity contribution in [3.05, 3.63) is 64.7 Å². The summed E-state index contributed by atoms with van der Waals surface area (Å²) in [6.45, 7) is 5.15. The van der Waals surface area contributed by atoms with Crippen LogP contribution in [-0.4, -0.2) is 46.7 Å². The molecule has 1 unspecified atom stereocenters. The number of benzene rings is 2. The smallest absolute Gasteiger partial charge is 0.255 e. The van der Waals surface area contributed by atoms with Crippen molar-refractivity contribution in [2.45, 2.75) is 45.7 Å². The summed E-state index contributed by atoms with van der Waals surface area (Å²) >= 11 is 0. The standard InChI is InChI=1S/C24H27N3O3/c1-16-6-7-17(2)20(13-16)25-23(29)19-10-8-18(9-11-19)14-26-15-22(28)27-12-4-3-5-21(27)24(26)30/h6-11,13,21H,3-5,12,14-15H2,1-2H3,(H,25,29). The van der Waals surface area contributed by atoms with Crippen LogP contribution in [0, 0.1) is 13.8 Å². The first-order chi connectivity index (χ1) is 14.4. The second kappa shape index (κ2) is 8.30. The molecule has 30 heavy (non-hydrogen) atoms. The number of hydrogen-bond donors (Lipinski definition) is 1. The first-order valence-corrected chi connectivity index (χ1v) is 10.5. The second-order valence-electron chi connectivity index (χ2n) is 8.26. The average molecular weight is 405 g/mol. The van der Waals surface area contributed by atoms with Gasteiger partial charge in [0.05, 0.1) is 0 Å². The number of piperazine rings is 1. The largest absolute Gasteiger partial charge is 0.329 e. The van der Waals surface area contributed by atoms with Crippen LogP contribution in [0.4, 0.5) is 5.69 Å². The first kappa shape index (κ1) is 20.1. The summed E-state index contributed by atoms with van der Waals surface area (Å²) in [5.41, 5.74) is 4.36. The predicted octanol–water partition coefficient (Wildman–Crippen LogP) is 3.28. The van der Waals surface area contributed by atoms with Crippen LogP contribution in [0.3, 0.4) is 0 Å². The maximum absolute atomic E-state index is 12.8. The number of carbonyl (C=O) groups is 3. The Morgan fingerprint density at radius 3 is 2.60 bits per heavy atom. The summed E-state index contributed by atoms with van der Waals surface area (Å²) in [5.74, 6) is -0.104. The van der Waals surface area contributed by atoms with Crippen molar-refractivity contribution < 1.29 is 14.4 Å². The maximum atomic E-state index is 12.8. The van der Waals surface area contributed by atoms with Crippen LogP contribution in [0.25, 0.3) is 0 Å².